The monoisotopic (exact) mass is 402 g/mol. The lowest BCUT2D eigenvalue weighted by Crippen LogP contribution is -2.30. The highest BCUT2D eigenvalue weighted by atomic mass is 35.5. The molecule has 1 saturated heterocycles. The summed E-state index contributed by atoms with van der Waals surface area (Å²) in [6, 6.07) is 1.74. The molecule has 9 heteroatoms. The van der Waals surface area contributed by atoms with Gasteiger partial charge in [0.05, 0.1) is 25.2 Å². The highest BCUT2D eigenvalue weighted by Crippen LogP contribution is 2.44. The molecule has 0 radical (unpaired) electrons. The highest BCUT2D eigenvalue weighted by molar-refractivity contribution is 6.32. The van der Waals surface area contributed by atoms with E-state index in [1.807, 2.05) is 24.8 Å². The van der Waals surface area contributed by atoms with Crippen LogP contribution < -0.4 is 15.0 Å². The summed E-state index contributed by atoms with van der Waals surface area (Å²) in [5, 5.41) is 14.4. The van der Waals surface area contributed by atoms with Gasteiger partial charge < -0.3 is 25.0 Å². The number of hydrogen-bond donors (Lipinski definition) is 3. The first-order valence-electron chi connectivity index (χ1n) is 9.23. The molecule has 1 aromatic carbocycles. The summed E-state index contributed by atoms with van der Waals surface area (Å²) in [5.41, 5.74) is 3.96. The molecule has 0 saturated carbocycles. The van der Waals surface area contributed by atoms with Crippen LogP contribution in [0.3, 0.4) is 0 Å². The third-order valence-electron chi connectivity index (χ3n) is 5.22. The maximum Gasteiger partial charge on any atom is 0.162 e. The van der Waals surface area contributed by atoms with Gasteiger partial charge in [-0.15, -0.1) is 0 Å². The number of rotatable bonds is 5. The number of anilines is 2. The Balaban J connectivity index is 1.76. The summed E-state index contributed by atoms with van der Waals surface area (Å²) in [5.74, 6) is 1.33. The minimum Gasteiger partial charge on any atom is -0.494 e. The van der Waals surface area contributed by atoms with E-state index in [9.17, 15) is 5.11 Å². The average Bonchev–Trinajstić information content (AvgIpc) is 3.32. The fourth-order valence-electron chi connectivity index (χ4n) is 3.78. The molecule has 4 rings (SSSR count). The summed E-state index contributed by atoms with van der Waals surface area (Å²) in [7, 11) is 1.64. The van der Waals surface area contributed by atoms with Crippen molar-refractivity contribution in [1.82, 2.24) is 19.9 Å². The Morgan fingerprint density at radius 3 is 2.93 bits per heavy atom. The zero-order chi connectivity index (χ0) is 19.8. The molecule has 8 nitrogen and oxygen atoms in total. The molecule has 1 aliphatic heterocycles. The van der Waals surface area contributed by atoms with Crippen molar-refractivity contribution in [1.29, 1.82) is 0 Å². The molecular weight excluding hydrogens is 380 g/mol. The van der Waals surface area contributed by atoms with Gasteiger partial charge in [-0.25, -0.2) is 15.0 Å². The van der Waals surface area contributed by atoms with Crippen LogP contribution in [0.2, 0.25) is 5.02 Å². The van der Waals surface area contributed by atoms with Crippen molar-refractivity contribution >= 4 is 34.3 Å². The van der Waals surface area contributed by atoms with Crippen LogP contribution in [0.15, 0.2) is 18.7 Å². The fraction of sp³-hybridized carbons (Fsp3) is 0.421. The summed E-state index contributed by atoms with van der Waals surface area (Å²) >= 11 is 6.56. The van der Waals surface area contributed by atoms with Gasteiger partial charge in [0.1, 0.15) is 23.8 Å². The van der Waals surface area contributed by atoms with Crippen molar-refractivity contribution < 1.29 is 9.84 Å². The number of nitrogens with one attached hydrogen (secondary N) is 2. The van der Waals surface area contributed by atoms with E-state index >= 15 is 0 Å². The lowest BCUT2D eigenvalue weighted by atomic mass is 10.0. The molecule has 3 aromatic rings. The van der Waals surface area contributed by atoms with Crippen LogP contribution in [0.5, 0.6) is 5.75 Å². The number of aromatic amines is 1. The summed E-state index contributed by atoms with van der Waals surface area (Å²) in [6.07, 6.45) is 4.20. The Morgan fingerprint density at radius 2 is 2.21 bits per heavy atom. The van der Waals surface area contributed by atoms with E-state index < -0.39 is 6.23 Å². The van der Waals surface area contributed by atoms with Crippen molar-refractivity contribution in [3.8, 4) is 5.75 Å². The standard InChI is InChI=1S/C19H23ClN6O2/c1-10-13(20)7-12(17(28-3)16(10)26-6-4-5-14(26)27)11(2)25-19-15-18(22-8-21-15)23-9-24-19/h7-9,11,14,27H,4-6H2,1-3H3,(H2,21,22,23,24,25). The van der Waals surface area contributed by atoms with Gasteiger partial charge in [0, 0.05) is 17.1 Å². The molecule has 0 amide bonds. The number of aliphatic hydroxyl groups is 1. The van der Waals surface area contributed by atoms with E-state index in [0.29, 0.717) is 27.8 Å². The van der Waals surface area contributed by atoms with Crippen LogP contribution in [0, 0.1) is 6.92 Å². The van der Waals surface area contributed by atoms with Gasteiger partial charge in [0.25, 0.3) is 0 Å². The predicted octanol–water partition coefficient (Wildman–Crippen LogP) is 3.42. The van der Waals surface area contributed by atoms with Crippen molar-refractivity contribution in [2.45, 2.75) is 39.0 Å². The molecular formula is C19H23ClN6O2. The van der Waals surface area contributed by atoms with E-state index in [0.717, 1.165) is 36.2 Å². The van der Waals surface area contributed by atoms with Crippen LogP contribution in [-0.4, -0.2) is 44.9 Å². The number of halogens is 1. The summed E-state index contributed by atoms with van der Waals surface area (Å²) < 4.78 is 5.80. The van der Waals surface area contributed by atoms with Crippen LogP contribution in [0.25, 0.3) is 11.2 Å². The number of H-pyrrole nitrogens is 1. The third kappa shape index (κ3) is 3.12. The van der Waals surface area contributed by atoms with E-state index in [1.54, 1.807) is 13.4 Å². The number of methoxy groups -OCH3 is 1. The van der Waals surface area contributed by atoms with Crippen molar-refractivity contribution in [3.63, 3.8) is 0 Å². The average molecular weight is 403 g/mol. The third-order valence-corrected chi connectivity index (χ3v) is 5.61. The maximum absolute atomic E-state index is 10.4. The number of imidazole rings is 1. The number of hydrogen-bond acceptors (Lipinski definition) is 7. The second kappa shape index (κ2) is 7.44. The van der Waals surface area contributed by atoms with Gasteiger partial charge in [0.2, 0.25) is 0 Å². The maximum atomic E-state index is 10.4. The molecule has 2 aromatic heterocycles. The summed E-state index contributed by atoms with van der Waals surface area (Å²) in [4.78, 5) is 17.7. The second-order valence-electron chi connectivity index (χ2n) is 6.96. The lowest BCUT2D eigenvalue weighted by molar-refractivity contribution is 0.185. The number of benzene rings is 1. The zero-order valence-electron chi connectivity index (χ0n) is 16.0. The Hall–Kier alpha value is -2.58. The molecule has 3 N–H and O–H groups in total. The minimum absolute atomic E-state index is 0.165. The normalized spacial score (nSPS) is 17.9. The van der Waals surface area contributed by atoms with Crippen molar-refractivity contribution in [2.75, 3.05) is 23.9 Å². The van der Waals surface area contributed by atoms with Gasteiger partial charge in [-0.2, -0.15) is 0 Å². The topological polar surface area (TPSA) is 99.2 Å². The molecule has 148 valence electrons. The quantitative estimate of drug-likeness (QED) is 0.601. The van der Waals surface area contributed by atoms with Gasteiger partial charge in [-0.3, -0.25) is 0 Å². The molecule has 28 heavy (non-hydrogen) atoms. The lowest BCUT2D eigenvalue weighted by Gasteiger charge is -2.30. The van der Waals surface area contributed by atoms with Crippen LogP contribution in [-0.2, 0) is 0 Å². The fourth-order valence-corrected chi connectivity index (χ4v) is 3.98. The molecule has 0 spiro atoms. The van der Waals surface area contributed by atoms with Crippen LogP contribution in [0.1, 0.15) is 36.9 Å². The largest absolute Gasteiger partial charge is 0.494 e. The Labute approximate surface area is 167 Å². The highest BCUT2D eigenvalue weighted by Gasteiger charge is 2.30. The van der Waals surface area contributed by atoms with E-state index in [2.05, 4.69) is 25.3 Å². The van der Waals surface area contributed by atoms with Gasteiger partial charge >= 0.3 is 0 Å². The molecule has 1 aliphatic rings. The molecule has 1 fully saturated rings. The van der Waals surface area contributed by atoms with E-state index in [-0.39, 0.29) is 6.04 Å². The molecule has 3 heterocycles. The number of ether oxygens (including phenoxy) is 1. The molecule has 0 aliphatic carbocycles. The number of fused-ring (bicyclic) bond motifs is 1. The Bertz CT molecular complexity index is 1010. The number of aliphatic hydroxyl groups excluding tert-OH is 1. The SMILES string of the molecule is COc1c(C(C)Nc2ncnc3[nH]cnc23)cc(Cl)c(C)c1N1CCCC1O. The van der Waals surface area contributed by atoms with Gasteiger partial charge in [-0.05, 0) is 38.3 Å². The van der Waals surface area contributed by atoms with E-state index in [1.165, 1.54) is 6.33 Å². The Kier molecular flexibility index (Phi) is 4.99. The first-order valence-corrected chi connectivity index (χ1v) is 9.61. The first kappa shape index (κ1) is 18.8. The smallest absolute Gasteiger partial charge is 0.162 e. The van der Waals surface area contributed by atoms with Crippen molar-refractivity contribution in [2.24, 2.45) is 0 Å². The van der Waals surface area contributed by atoms with Crippen molar-refractivity contribution in [3.05, 3.63) is 34.9 Å². The van der Waals surface area contributed by atoms with Gasteiger partial charge in [0.15, 0.2) is 11.5 Å². The van der Waals surface area contributed by atoms with Crippen LogP contribution >= 0.6 is 11.6 Å². The summed E-state index contributed by atoms with van der Waals surface area (Å²) in [6.45, 7) is 4.72. The van der Waals surface area contributed by atoms with Gasteiger partial charge in [-0.1, -0.05) is 11.6 Å². The number of nitrogens with zero attached hydrogens (tertiary/aromatic N) is 4. The second-order valence-corrected chi connectivity index (χ2v) is 7.37. The van der Waals surface area contributed by atoms with Crippen LogP contribution in [0.4, 0.5) is 11.5 Å². The molecule has 2 atom stereocenters. The molecule has 2 unspecified atom stereocenters. The predicted molar refractivity (Wildman–Crippen MR) is 109 cm³/mol. The molecule has 0 bridgehead atoms. The Morgan fingerprint density at radius 1 is 1.39 bits per heavy atom. The van der Waals surface area contributed by atoms with E-state index in [4.69, 9.17) is 16.3 Å². The zero-order valence-corrected chi connectivity index (χ0v) is 16.8. The first-order chi connectivity index (χ1) is 13.5. The number of aromatic nitrogens is 4. The minimum atomic E-state index is -0.535.